The molecule has 0 bridgehead atoms. The number of nitrogens with one attached hydrogen (secondary N) is 2. The molecule has 0 aliphatic carbocycles. The molecule has 5 nitrogen and oxygen atoms in total. The average Bonchev–Trinajstić information content (AvgIpc) is 2.73. The summed E-state index contributed by atoms with van der Waals surface area (Å²) in [5, 5.41) is 6.11. The van der Waals surface area contributed by atoms with Gasteiger partial charge >= 0.3 is 6.09 Å². The number of hydrogen-bond acceptors (Lipinski definition) is 4. The van der Waals surface area contributed by atoms with Crippen molar-refractivity contribution in [2.24, 2.45) is 5.41 Å². The second kappa shape index (κ2) is 4.37. The van der Waals surface area contributed by atoms with E-state index in [0.29, 0.717) is 13.2 Å². The van der Waals surface area contributed by atoms with E-state index in [1.807, 2.05) is 0 Å². The lowest BCUT2D eigenvalue weighted by atomic mass is 9.83. The van der Waals surface area contributed by atoms with Crippen molar-refractivity contribution in [1.82, 2.24) is 10.6 Å². The van der Waals surface area contributed by atoms with Gasteiger partial charge in [0.05, 0.1) is 12.7 Å². The van der Waals surface area contributed by atoms with Crippen LogP contribution in [0.3, 0.4) is 0 Å². The fraction of sp³-hybridized carbons (Fsp3) is 0.900. The number of carbonyl (C=O) groups is 1. The Morgan fingerprint density at radius 1 is 1.73 bits per heavy atom. The molecule has 0 aromatic rings. The third-order valence-electron chi connectivity index (χ3n) is 3.27. The first-order valence-corrected chi connectivity index (χ1v) is 5.50. The molecular formula is C10H18N2O3. The van der Waals surface area contributed by atoms with Gasteiger partial charge in [-0.15, -0.1) is 0 Å². The van der Waals surface area contributed by atoms with Gasteiger partial charge in [0.15, 0.2) is 0 Å². The van der Waals surface area contributed by atoms with Gasteiger partial charge in [-0.25, -0.2) is 4.79 Å². The molecule has 0 spiro atoms. The van der Waals surface area contributed by atoms with E-state index in [1.165, 1.54) is 0 Å². The second-order valence-electron chi connectivity index (χ2n) is 4.18. The first-order valence-electron chi connectivity index (χ1n) is 5.50. The van der Waals surface area contributed by atoms with Gasteiger partial charge in [0.2, 0.25) is 0 Å². The molecule has 2 heterocycles. The van der Waals surface area contributed by atoms with E-state index in [9.17, 15) is 4.79 Å². The van der Waals surface area contributed by atoms with Crippen molar-refractivity contribution in [1.29, 1.82) is 0 Å². The summed E-state index contributed by atoms with van der Waals surface area (Å²) >= 11 is 0. The molecule has 2 unspecified atom stereocenters. The number of hydrogen-bond donors (Lipinski definition) is 2. The molecule has 2 atom stereocenters. The van der Waals surface area contributed by atoms with Crippen LogP contribution in [0.5, 0.6) is 0 Å². The molecule has 1 amide bonds. The van der Waals surface area contributed by atoms with Crippen LogP contribution >= 0.6 is 0 Å². The molecule has 5 heteroatoms. The smallest absolute Gasteiger partial charge is 0.407 e. The lowest BCUT2D eigenvalue weighted by molar-refractivity contribution is 0.0806. The van der Waals surface area contributed by atoms with Crippen LogP contribution in [0.25, 0.3) is 0 Å². The summed E-state index contributed by atoms with van der Waals surface area (Å²) in [6.45, 7) is 5.47. The SMILES string of the molecule is CCOC(=O)NCC12CCOC1CNC2. The zero-order valence-electron chi connectivity index (χ0n) is 9.04. The third kappa shape index (κ3) is 2.08. The van der Waals surface area contributed by atoms with E-state index in [-0.39, 0.29) is 17.6 Å². The molecule has 0 radical (unpaired) electrons. The molecule has 2 aliphatic rings. The predicted octanol–water partition coefficient (Wildman–Crippen LogP) is 0.111. The van der Waals surface area contributed by atoms with Crippen LogP contribution in [0.15, 0.2) is 0 Å². The minimum Gasteiger partial charge on any atom is -0.450 e. The topological polar surface area (TPSA) is 59.6 Å². The van der Waals surface area contributed by atoms with Crippen LogP contribution in [0.4, 0.5) is 4.79 Å². The predicted molar refractivity (Wildman–Crippen MR) is 54.7 cm³/mol. The number of alkyl carbamates (subject to hydrolysis) is 1. The summed E-state index contributed by atoms with van der Waals surface area (Å²) in [7, 11) is 0. The van der Waals surface area contributed by atoms with Crippen molar-refractivity contribution >= 4 is 6.09 Å². The van der Waals surface area contributed by atoms with Gasteiger partial charge < -0.3 is 20.1 Å². The van der Waals surface area contributed by atoms with E-state index < -0.39 is 0 Å². The Morgan fingerprint density at radius 3 is 3.40 bits per heavy atom. The van der Waals surface area contributed by atoms with Gasteiger partial charge in [-0.3, -0.25) is 0 Å². The van der Waals surface area contributed by atoms with E-state index in [0.717, 1.165) is 26.1 Å². The van der Waals surface area contributed by atoms with Crippen LogP contribution in [-0.4, -0.2) is 45.0 Å². The summed E-state index contributed by atoms with van der Waals surface area (Å²) in [6.07, 6.45) is 0.931. The van der Waals surface area contributed by atoms with Crippen molar-refractivity contribution in [3.63, 3.8) is 0 Å². The Labute approximate surface area is 89.5 Å². The van der Waals surface area contributed by atoms with Crippen molar-refractivity contribution in [2.75, 3.05) is 32.8 Å². The lowest BCUT2D eigenvalue weighted by Crippen LogP contribution is -2.42. The van der Waals surface area contributed by atoms with Gasteiger partial charge in [-0.05, 0) is 13.3 Å². The Morgan fingerprint density at radius 2 is 2.60 bits per heavy atom. The van der Waals surface area contributed by atoms with Gasteiger partial charge in [0.1, 0.15) is 0 Å². The molecule has 86 valence electrons. The second-order valence-corrected chi connectivity index (χ2v) is 4.18. The maximum absolute atomic E-state index is 11.2. The molecule has 2 rings (SSSR count). The summed E-state index contributed by atoms with van der Waals surface area (Å²) in [6, 6.07) is 0. The summed E-state index contributed by atoms with van der Waals surface area (Å²) < 4.78 is 10.5. The first kappa shape index (κ1) is 10.7. The standard InChI is InChI=1S/C10H18N2O3/c1-2-14-9(13)12-7-10-3-4-15-8(10)5-11-6-10/h8,11H,2-7H2,1H3,(H,12,13). The van der Waals surface area contributed by atoms with Gasteiger partial charge in [0.25, 0.3) is 0 Å². The molecule has 2 N–H and O–H groups in total. The van der Waals surface area contributed by atoms with Crippen LogP contribution < -0.4 is 10.6 Å². The van der Waals surface area contributed by atoms with Gasteiger partial charge in [-0.1, -0.05) is 0 Å². The van der Waals surface area contributed by atoms with Crippen molar-refractivity contribution in [3.05, 3.63) is 0 Å². The molecule has 2 saturated heterocycles. The molecule has 2 fully saturated rings. The van der Waals surface area contributed by atoms with Crippen molar-refractivity contribution in [2.45, 2.75) is 19.4 Å². The number of ether oxygens (including phenoxy) is 2. The minimum atomic E-state index is -0.329. The summed E-state index contributed by atoms with van der Waals surface area (Å²) in [4.78, 5) is 11.2. The Bertz CT molecular complexity index is 235. The monoisotopic (exact) mass is 214 g/mol. The fourth-order valence-electron chi connectivity index (χ4n) is 2.37. The van der Waals surface area contributed by atoms with E-state index in [2.05, 4.69) is 10.6 Å². The minimum absolute atomic E-state index is 0.0900. The maximum atomic E-state index is 11.2. The number of fused-ring (bicyclic) bond motifs is 1. The highest BCUT2D eigenvalue weighted by molar-refractivity contribution is 5.67. The molecule has 15 heavy (non-hydrogen) atoms. The number of carbonyl (C=O) groups excluding carboxylic acids is 1. The van der Waals surface area contributed by atoms with Gasteiger partial charge in [0, 0.05) is 31.7 Å². The van der Waals surface area contributed by atoms with Crippen LogP contribution in [-0.2, 0) is 9.47 Å². The highest BCUT2D eigenvalue weighted by Crippen LogP contribution is 2.36. The van der Waals surface area contributed by atoms with Crippen LogP contribution in [0.2, 0.25) is 0 Å². The highest BCUT2D eigenvalue weighted by atomic mass is 16.5. The Balaban J connectivity index is 1.85. The van der Waals surface area contributed by atoms with E-state index >= 15 is 0 Å². The quantitative estimate of drug-likeness (QED) is 0.700. The summed E-state index contributed by atoms with van der Waals surface area (Å²) in [5.41, 5.74) is 0.0900. The van der Waals surface area contributed by atoms with Crippen molar-refractivity contribution < 1.29 is 14.3 Å². The normalized spacial score (nSPS) is 33.8. The van der Waals surface area contributed by atoms with Crippen LogP contribution in [0, 0.1) is 5.41 Å². The summed E-state index contributed by atoms with van der Waals surface area (Å²) in [5.74, 6) is 0. The molecule has 0 aromatic carbocycles. The Kier molecular flexibility index (Phi) is 3.11. The first-order chi connectivity index (χ1) is 7.27. The fourth-order valence-corrected chi connectivity index (χ4v) is 2.37. The zero-order valence-corrected chi connectivity index (χ0v) is 9.04. The highest BCUT2D eigenvalue weighted by Gasteiger charge is 2.47. The maximum Gasteiger partial charge on any atom is 0.407 e. The lowest BCUT2D eigenvalue weighted by Gasteiger charge is -2.26. The molecular weight excluding hydrogens is 196 g/mol. The molecule has 2 aliphatic heterocycles. The Hall–Kier alpha value is -0.810. The van der Waals surface area contributed by atoms with Crippen molar-refractivity contribution in [3.8, 4) is 0 Å². The largest absolute Gasteiger partial charge is 0.450 e. The average molecular weight is 214 g/mol. The molecule has 0 saturated carbocycles. The number of amides is 1. The number of rotatable bonds is 3. The van der Waals surface area contributed by atoms with E-state index in [1.54, 1.807) is 6.92 Å². The third-order valence-corrected chi connectivity index (χ3v) is 3.27. The van der Waals surface area contributed by atoms with E-state index in [4.69, 9.17) is 9.47 Å². The van der Waals surface area contributed by atoms with Gasteiger partial charge in [-0.2, -0.15) is 0 Å². The van der Waals surface area contributed by atoms with Crippen LogP contribution in [0.1, 0.15) is 13.3 Å². The molecule has 0 aromatic heterocycles. The zero-order chi connectivity index (χ0) is 10.7.